The summed E-state index contributed by atoms with van der Waals surface area (Å²) in [5.74, 6) is 4.69. The van der Waals surface area contributed by atoms with Crippen LogP contribution in [0.2, 0.25) is 0 Å². The summed E-state index contributed by atoms with van der Waals surface area (Å²) in [4.78, 5) is 2.50. The van der Waals surface area contributed by atoms with Crippen molar-refractivity contribution in [2.75, 3.05) is 26.2 Å². The largest absolute Gasteiger partial charge is 0.508 e. The molecular formula is C34H49NO2. The van der Waals surface area contributed by atoms with Crippen molar-refractivity contribution >= 4 is 5.57 Å². The number of hydrogen-bond donors (Lipinski definition) is 1. The molecule has 0 amide bonds. The highest BCUT2D eigenvalue weighted by Crippen LogP contribution is 2.58. The fourth-order valence-electron chi connectivity index (χ4n) is 7.47. The van der Waals surface area contributed by atoms with Gasteiger partial charge in [-0.2, -0.15) is 0 Å². The highest BCUT2D eigenvalue weighted by atomic mass is 16.5. The van der Waals surface area contributed by atoms with Gasteiger partial charge in [0.2, 0.25) is 0 Å². The zero-order valence-corrected chi connectivity index (χ0v) is 22.4. The van der Waals surface area contributed by atoms with E-state index in [2.05, 4.69) is 55.1 Å². The number of nitrogens with zero attached hydrogens (tertiary/aromatic N) is 1. The van der Waals surface area contributed by atoms with E-state index in [1.54, 1.807) is 5.57 Å². The summed E-state index contributed by atoms with van der Waals surface area (Å²) in [6, 6.07) is 16.7. The summed E-state index contributed by atoms with van der Waals surface area (Å²) in [6.45, 7) is 8.82. The molecule has 0 aromatic heterocycles. The molecule has 0 spiro atoms. The summed E-state index contributed by atoms with van der Waals surface area (Å²) in [5, 5.41) is 9.92. The van der Waals surface area contributed by atoms with Crippen LogP contribution in [-0.2, 0) is 0 Å². The van der Waals surface area contributed by atoms with E-state index in [4.69, 9.17) is 4.74 Å². The fourth-order valence-corrected chi connectivity index (χ4v) is 7.47. The SMILES string of the molecule is C.CCN(CC)CCCCCCOc1ccc(C(=C2C3CC4CC(C3)CC2C4)c2ccc(O)cc2)cc1. The number of allylic oxidation sites excluding steroid dienone is 1. The molecule has 4 saturated carbocycles. The summed E-state index contributed by atoms with van der Waals surface area (Å²) >= 11 is 0. The van der Waals surface area contributed by atoms with Gasteiger partial charge < -0.3 is 14.7 Å². The Hall–Kier alpha value is -2.26. The molecule has 0 saturated heterocycles. The number of phenolic OH excluding ortho intramolecular Hbond substituents is 1. The molecule has 3 nitrogen and oxygen atoms in total. The van der Waals surface area contributed by atoms with Crippen LogP contribution < -0.4 is 4.74 Å². The van der Waals surface area contributed by atoms with E-state index in [9.17, 15) is 5.11 Å². The van der Waals surface area contributed by atoms with Gasteiger partial charge in [0.05, 0.1) is 6.61 Å². The van der Waals surface area contributed by atoms with E-state index in [0.29, 0.717) is 5.75 Å². The van der Waals surface area contributed by atoms with Gasteiger partial charge in [-0.3, -0.25) is 0 Å². The first kappa shape index (κ1) is 27.8. The van der Waals surface area contributed by atoms with Gasteiger partial charge in [0.15, 0.2) is 0 Å². The molecular weight excluding hydrogens is 454 g/mol. The van der Waals surface area contributed by atoms with Crippen LogP contribution in [0.4, 0.5) is 0 Å². The lowest BCUT2D eigenvalue weighted by Gasteiger charge is -2.52. The Kier molecular flexibility index (Phi) is 9.76. The predicted octanol–water partition coefficient (Wildman–Crippen LogP) is 8.57. The van der Waals surface area contributed by atoms with Crippen LogP contribution in [0.25, 0.3) is 5.57 Å². The van der Waals surface area contributed by atoms with Gasteiger partial charge in [0.1, 0.15) is 11.5 Å². The average molecular weight is 504 g/mol. The van der Waals surface area contributed by atoms with Gasteiger partial charge in [-0.1, -0.05) is 64.0 Å². The number of aromatic hydroxyl groups is 1. The van der Waals surface area contributed by atoms with Crippen molar-refractivity contribution in [2.24, 2.45) is 23.7 Å². The first-order valence-electron chi connectivity index (χ1n) is 14.6. The van der Waals surface area contributed by atoms with Crippen LogP contribution in [0.15, 0.2) is 54.1 Å². The molecule has 0 atom stereocenters. The van der Waals surface area contributed by atoms with Crippen LogP contribution in [0.5, 0.6) is 11.5 Å². The lowest BCUT2D eigenvalue weighted by Crippen LogP contribution is -2.40. The number of rotatable bonds is 12. The van der Waals surface area contributed by atoms with Crippen LogP contribution in [0.3, 0.4) is 0 Å². The molecule has 2 aromatic carbocycles. The molecule has 2 aromatic rings. The van der Waals surface area contributed by atoms with Gasteiger partial charge >= 0.3 is 0 Å². The smallest absolute Gasteiger partial charge is 0.119 e. The van der Waals surface area contributed by atoms with E-state index >= 15 is 0 Å². The molecule has 0 radical (unpaired) electrons. The minimum Gasteiger partial charge on any atom is -0.508 e. The normalized spacial score (nSPS) is 23.8. The third-order valence-electron chi connectivity index (χ3n) is 9.14. The van der Waals surface area contributed by atoms with Crippen LogP contribution in [-0.4, -0.2) is 36.2 Å². The second kappa shape index (κ2) is 13.0. The summed E-state index contributed by atoms with van der Waals surface area (Å²) in [7, 11) is 0. The molecule has 0 heterocycles. The third-order valence-corrected chi connectivity index (χ3v) is 9.14. The van der Waals surface area contributed by atoms with E-state index in [-0.39, 0.29) is 7.43 Å². The Morgan fingerprint density at radius 3 is 1.86 bits per heavy atom. The Balaban J connectivity index is 0.00000320. The van der Waals surface area contributed by atoms with E-state index < -0.39 is 0 Å². The molecule has 0 unspecified atom stereocenters. The molecule has 0 aliphatic heterocycles. The van der Waals surface area contributed by atoms with Crippen molar-refractivity contribution in [1.82, 2.24) is 4.90 Å². The maximum absolute atomic E-state index is 9.92. The van der Waals surface area contributed by atoms with Crippen molar-refractivity contribution in [3.63, 3.8) is 0 Å². The van der Waals surface area contributed by atoms with Crippen LogP contribution >= 0.6 is 0 Å². The summed E-state index contributed by atoms with van der Waals surface area (Å²) in [5.41, 5.74) is 5.66. The van der Waals surface area contributed by atoms with Gasteiger partial charge in [-0.15, -0.1) is 0 Å². The Labute approximate surface area is 225 Å². The fraction of sp³-hybridized carbons (Fsp3) is 0.588. The lowest BCUT2D eigenvalue weighted by atomic mass is 9.53. The number of benzene rings is 2. The Morgan fingerprint density at radius 1 is 0.757 bits per heavy atom. The number of phenols is 1. The minimum atomic E-state index is 0. The first-order valence-corrected chi connectivity index (χ1v) is 14.6. The predicted molar refractivity (Wildman–Crippen MR) is 156 cm³/mol. The molecule has 37 heavy (non-hydrogen) atoms. The molecule has 4 aliphatic carbocycles. The highest BCUT2D eigenvalue weighted by Gasteiger charge is 2.46. The number of ether oxygens (including phenoxy) is 1. The Morgan fingerprint density at radius 2 is 1.30 bits per heavy atom. The van der Waals surface area contributed by atoms with Crippen molar-refractivity contribution in [1.29, 1.82) is 0 Å². The second-order valence-electron chi connectivity index (χ2n) is 11.5. The van der Waals surface area contributed by atoms with Gasteiger partial charge in [-0.05, 0) is 129 Å². The van der Waals surface area contributed by atoms with Crippen LogP contribution in [0, 0.1) is 23.7 Å². The first-order chi connectivity index (χ1) is 17.6. The van der Waals surface area contributed by atoms with Gasteiger partial charge in [0, 0.05) is 0 Å². The maximum Gasteiger partial charge on any atom is 0.119 e. The van der Waals surface area contributed by atoms with Crippen molar-refractivity contribution in [3.8, 4) is 11.5 Å². The summed E-state index contributed by atoms with van der Waals surface area (Å²) < 4.78 is 6.11. The molecule has 4 bridgehead atoms. The molecule has 3 heteroatoms. The van der Waals surface area contributed by atoms with Crippen molar-refractivity contribution in [2.45, 2.75) is 79.1 Å². The highest BCUT2D eigenvalue weighted by molar-refractivity contribution is 5.83. The molecule has 4 aliphatic rings. The zero-order chi connectivity index (χ0) is 24.9. The lowest BCUT2D eigenvalue weighted by molar-refractivity contribution is 0.0705. The average Bonchev–Trinajstić information content (AvgIpc) is 2.89. The Bertz CT molecular complexity index is 973. The van der Waals surface area contributed by atoms with Gasteiger partial charge in [0.25, 0.3) is 0 Å². The van der Waals surface area contributed by atoms with E-state index in [1.807, 2.05) is 12.1 Å². The summed E-state index contributed by atoms with van der Waals surface area (Å²) in [6.07, 6.45) is 11.9. The topological polar surface area (TPSA) is 32.7 Å². The molecule has 202 valence electrons. The standard InChI is InChI=1S/C33H45NO2.CH4/c1-3-34(4-2)17-7-5-6-8-18-36-31-15-11-27(12-16-31)32(26-9-13-30(35)14-10-26)33-28-20-24-19-25(22-28)23-29(33)21-24;/h9-16,24-25,28-29,35H,3-8,17-23H2,1-2H3;1H4. The number of hydrogen-bond acceptors (Lipinski definition) is 3. The van der Waals surface area contributed by atoms with Crippen molar-refractivity contribution in [3.05, 3.63) is 65.2 Å². The number of unbranched alkanes of at least 4 members (excludes halogenated alkanes) is 3. The van der Waals surface area contributed by atoms with Crippen molar-refractivity contribution < 1.29 is 9.84 Å². The zero-order valence-electron chi connectivity index (χ0n) is 22.4. The second-order valence-corrected chi connectivity index (χ2v) is 11.5. The monoisotopic (exact) mass is 503 g/mol. The van der Waals surface area contributed by atoms with Crippen LogP contribution in [0.1, 0.15) is 90.2 Å². The van der Waals surface area contributed by atoms with E-state index in [0.717, 1.165) is 55.5 Å². The third kappa shape index (κ3) is 6.60. The molecule has 4 fully saturated rings. The maximum atomic E-state index is 9.92. The minimum absolute atomic E-state index is 0. The quantitative estimate of drug-likeness (QED) is 0.294. The van der Waals surface area contributed by atoms with E-state index in [1.165, 1.54) is 74.6 Å². The van der Waals surface area contributed by atoms with Gasteiger partial charge in [-0.25, -0.2) is 0 Å². The molecule has 6 rings (SSSR count). The molecule has 1 N–H and O–H groups in total.